The first kappa shape index (κ1) is 25.2. The quantitative estimate of drug-likeness (QED) is 0.242. The molecule has 4 heterocycles. The van der Waals surface area contributed by atoms with Crippen LogP contribution in [0.3, 0.4) is 0 Å². The normalized spacial score (nSPS) is 21.4. The molecular formula is C35H37N5. The topological polar surface area (TPSA) is 57.7 Å². The van der Waals surface area contributed by atoms with Crippen molar-refractivity contribution in [3.05, 3.63) is 89.7 Å². The Hall–Kier alpha value is -3.83. The molecule has 1 aliphatic heterocycles. The molecule has 3 aromatic heterocycles. The number of likely N-dealkylation sites (tertiary alicyclic amines) is 1. The summed E-state index contributed by atoms with van der Waals surface area (Å²) in [6.45, 7) is 8.26. The van der Waals surface area contributed by atoms with Crippen LogP contribution in [0, 0.1) is 6.92 Å². The minimum absolute atomic E-state index is 0.290. The summed E-state index contributed by atoms with van der Waals surface area (Å²) in [6.07, 6.45) is 11.3. The van der Waals surface area contributed by atoms with Gasteiger partial charge >= 0.3 is 0 Å². The predicted molar refractivity (Wildman–Crippen MR) is 163 cm³/mol. The summed E-state index contributed by atoms with van der Waals surface area (Å²) in [5.74, 6) is 0. The zero-order valence-electron chi connectivity index (χ0n) is 23.7. The Morgan fingerprint density at radius 3 is 2.45 bits per heavy atom. The summed E-state index contributed by atoms with van der Waals surface area (Å²) in [5.41, 5.74) is 11.8. The molecule has 1 fully saturated rings. The van der Waals surface area contributed by atoms with E-state index < -0.39 is 0 Å². The van der Waals surface area contributed by atoms with E-state index >= 15 is 0 Å². The van der Waals surface area contributed by atoms with E-state index in [0.29, 0.717) is 11.6 Å². The van der Waals surface area contributed by atoms with Crippen LogP contribution in [-0.4, -0.2) is 43.2 Å². The van der Waals surface area contributed by atoms with Gasteiger partial charge in [0.05, 0.1) is 11.4 Å². The molecule has 7 rings (SSSR count). The van der Waals surface area contributed by atoms with Crippen molar-refractivity contribution in [3.63, 3.8) is 0 Å². The number of nitrogens with one attached hydrogen (secondary N) is 1. The third kappa shape index (κ3) is 4.43. The van der Waals surface area contributed by atoms with Crippen molar-refractivity contribution in [1.29, 1.82) is 0 Å². The molecule has 2 aliphatic rings. The summed E-state index contributed by atoms with van der Waals surface area (Å²) in [4.78, 5) is 10.7. The molecule has 0 spiro atoms. The van der Waals surface area contributed by atoms with Crippen molar-refractivity contribution in [2.45, 2.75) is 70.9 Å². The molecule has 5 heteroatoms. The molecule has 202 valence electrons. The van der Waals surface area contributed by atoms with Gasteiger partial charge in [-0.05, 0) is 106 Å². The van der Waals surface area contributed by atoms with Crippen molar-refractivity contribution < 1.29 is 0 Å². The fourth-order valence-electron chi connectivity index (χ4n) is 7.11. The van der Waals surface area contributed by atoms with Gasteiger partial charge in [-0.25, -0.2) is 0 Å². The zero-order chi connectivity index (χ0) is 27.3. The predicted octanol–water partition coefficient (Wildman–Crippen LogP) is 7.78. The van der Waals surface area contributed by atoms with Crippen LogP contribution < -0.4 is 0 Å². The number of fused-ring (bicyclic) bond motifs is 2. The van der Waals surface area contributed by atoms with E-state index in [0.717, 1.165) is 57.5 Å². The van der Waals surface area contributed by atoms with Crippen molar-refractivity contribution >= 4 is 11.0 Å². The highest BCUT2D eigenvalue weighted by Gasteiger charge is 2.38. The van der Waals surface area contributed by atoms with Gasteiger partial charge in [-0.1, -0.05) is 42.5 Å². The number of pyridine rings is 1. The van der Waals surface area contributed by atoms with Crippen molar-refractivity contribution in [2.75, 3.05) is 6.54 Å². The summed E-state index contributed by atoms with van der Waals surface area (Å²) < 4.78 is 0. The van der Waals surface area contributed by atoms with E-state index in [9.17, 15) is 0 Å². The Morgan fingerprint density at radius 1 is 0.900 bits per heavy atom. The highest BCUT2D eigenvalue weighted by molar-refractivity contribution is 5.95. The number of aryl methyl sites for hydroxylation is 3. The number of benzene rings is 2. The number of aromatic nitrogens is 4. The van der Waals surface area contributed by atoms with E-state index in [1.165, 1.54) is 48.9 Å². The summed E-state index contributed by atoms with van der Waals surface area (Å²) in [5, 5.41) is 10.3. The Balaban J connectivity index is 1.17. The highest BCUT2D eigenvalue weighted by Crippen LogP contribution is 2.38. The van der Waals surface area contributed by atoms with Crippen LogP contribution >= 0.6 is 0 Å². The first-order chi connectivity index (χ1) is 19.5. The van der Waals surface area contributed by atoms with Gasteiger partial charge < -0.3 is 4.98 Å². The standard InChI is InChI=1S/C35H37N5/c1-23-6-4-18-36-33(23)27-11-9-26(10-12-27)31-22-37-34-30(31)21-32(38-39-34)29-13-8-25-14-16-35(3,17-15-28(25)20-29)40-19-5-7-24(40)2/h4,6,8-13,18,20-22,24H,5,7,14-17,19H2,1-3H3,(H,37,39)/t24-,35+/m1/s1. The number of hydrogen-bond acceptors (Lipinski definition) is 4. The van der Waals surface area contributed by atoms with Gasteiger partial charge in [0.25, 0.3) is 0 Å². The molecule has 1 N–H and O–H groups in total. The van der Waals surface area contributed by atoms with E-state index in [1.54, 1.807) is 0 Å². The zero-order valence-corrected chi connectivity index (χ0v) is 23.7. The van der Waals surface area contributed by atoms with E-state index in [2.05, 4.69) is 100 Å². The van der Waals surface area contributed by atoms with Crippen LogP contribution in [0.2, 0.25) is 0 Å². The van der Waals surface area contributed by atoms with Crippen LogP contribution in [0.1, 0.15) is 56.2 Å². The molecule has 2 atom stereocenters. The van der Waals surface area contributed by atoms with Crippen LogP contribution in [0.25, 0.3) is 44.7 Å². The molecular weight excluding hydrogens is 490 g/mol. The first-order valence-corrected chi connectivity index (χ1v) is 14.7. The van der Waals surface area contributed by atoms with Gasteiger partial charge in [-0.15, -0.1) is 10.2 Å². The number of rotatable bonds is 4. The molecule has 1 aliphatic carbocycles. The fraction of sp³-hybridized carbons (Fsp3) is 0.343. The molecule has 0 saturated carbocycles. The van der Waals surface area contributed by atoms with Gasteiger partial charge in [0, 0.05) is 46.1 Å². The minimum Gasteiger partial charge on any atom is -0.344 e. The Bertz CT molecular complexity index is 1680. The molecule has 0 radical (unpaired) electrons. The van der Waals surface area contributed by atoms with Crippen molar-refractivity contribution in [3.8, 4) is 33.6 Å². The van der Waals surface area contributed by atoms with Crippen LogP contribution in [0.5, 0.6) is 0 Å². The molecule has 0 unspecified atom stereocenters. The van der Waals surface area contributed by atoms with Gasteiger partial charge in [0.2, 0.25) is 0 Å². The van der Waals surface area contributed by atoms with Crippen molar-refractivity contribution in [2.24, 2.45) is 0 Å². The fourth-order valence-corrected chi connectivity index (χ4v) is 7.11. The smallest absolute Gasteiger partial charge is 0.160 e. The SMILES string of the molecule is Cc1cccnc1-c1ccc(-c2c[nH]c3nnc(-c4ccc5c(c4)CC[C@@](C)(N4CCC[C@H]4C)CC5)cc23)cc1. The van der Waals surface area contributed by atoms with Gasteiger partial charge in [0.15, 0.2) is 5.65 Å². The Kier molecular flexibility index (Phi) is 6.27. The number of hydrogen-bond donors (Lipinski definition) is 1. The monoisotopic (exact) mass is 527 g/mol. The van der Waals surface area contributed by atoms with E-state index in [1.807, 2.05) is 18.5 Å². The lowest BCUT2D eigenvalue weighted by atomic mass is 9.89. The van der Waals surface area contributed by atoms with Crippen LogP contribution in [-0.2, 0) is 12.8 Å². The number of aromatic amines is 1. The third-order valence-corrected chi connectivity index (χ3v) is 9.53. The van der Waals surface area contributed by atoms with E-state index in [-0.39, 0.29) is 0 Å². The minimum atomic E-state index is 0.290. The summed E-state index contributed by atoms with van der Waals surface area (Å²) in [6, 6.07) is 22.6. The number of nitrogens with zero attached hydrogens (tertiary/aromatic N) is 4. The summed E-state index contributed by atoms with van der Waals surface area (Å²) >= 11 is 0. The molecule has 5 aromatic rings. The van der Waals surface area contributed by atoms with Crippen LogP contribution in [0.15, 0.2) is 73.1 Å². The molecule has 40 heavy (non-hydrogen) atoms. The summed E-state index contributed by atoms with van der Waals surface area (Å²) in [7, 11) is 0. The lowest BCUT2D eigenvalue weighted by molar-refractivity contribution is 0.0821. The van der Waals surface area contributed by atoms with Gasteiger partial charge in [0.1, 0.15) is 0 Å². The second-order valence-corrected chi connectivity index (χ2v) is 12.1. The maximum Gasteiger partial charge on any atom is 0.160 e. The largest absolute Gasteiger partial charge is 0.344 e. The molecule has 1 saturated heterocycles. The van der Waals surface area contributed by atoms with E-state index in [4.69, 9.17) is 0 Å². The Morgan fingerprint density at radius 2 is 1.68 bits per heavy atom. The Labute approximate surface area is 236 Å². The van der Waals surface area contributed by atoms with Crippen LogP contribution in [0.4, 0.5) is 0 Å². The van der Waals surface area contributed by atoms with Gasteiger partial charge in [-0.2, -0.15) is 0 Å². The van der Waals surface area contributed by atoms with Crippen molar-refractivity contribution in [1.82, 2.24) is 25.1 Å². The average Bonchev–Trinajstić information content (AvgIpc) is 3.57. The highest BCUT2D eigenvalue weighted by atomic mass is 15.2. The maximum atomic E-state index is 4.62. The second kappa shape index (κ2) is 9.97. The first-order valence-electron chi connectivity index (χ1n) is 14.7. The second-order valence-electron chi connectivity index (χ2n) is 12.1. The molecule has 5 nitrogen and oxygen atoms in total. The third-order valence-electron chi connectivity index (χ3n) is 9.53. The molecule has 0 bridgehead atoms. The molecule has 2 aromatic carbocycles. The average molecular weight is 528 g/mol. The number of H-pyrrole nitrogens is 1. The van der Waals surface area contributed by atoms with Gasteiger partial charge in [-0.3, -0.25) is 9.88 Å². The molecule has 0 amide bonds. The lowest BCUT2D eigenvalue weighted by Crippen LogP contribution is -2.48. The maximum absolute atomic E-state index is 4.62. The lowest BCUT2D eigenvalue weighted by Gasteiger charge is -2.41.